The number of carbonyl (C=O) groups excluding carboxylic acids is 1. The van der Waals surface area contributed by atoms with Gasteiger partial charge in [-0.1, -0.05) is 12.1 Å². The summed E-state index contributed by atoms with van der Waals surface area (Å²) < 4.78 is 14.9. The van der Waals surface area contributed by atoms with E-state index in [4.69, 9.17) is 0 Å². The Bertz CT molecular complexity index is 1110. The molecule has 26 heavy (non-hydrogen) atoms. The SMILES string of the molecule is Cc1nc2cc(NC(=O)c3ccc(-c4ccccc4F)nc3)ccc2s1. The Morgan fingerprint density at radius 3 is 2.73 bits per heavy atom. The molecule has 0 aliphatic rings. The van der Waals surface area contributed by atoms with Crippen LogP contribution in [0.15, 0.2) is 60.8 Å². The van der Waals surface area contributed by atoms with Crippen molar-refractivity contribution in [2.75, 3.05) is 5.32 Å². The van der Waals surface area contributed by atoms with E-state index in [-0.39, 0.29) is 11.7 Å². The van der Waals surface area contributed by atoms with E-state index < -0.39 is 0 Å². The Morgan fingerprint density at radius 2 is 1.96 bits per heavy atom. The second kappa shape index (κ2) is 6.65. The number of thiazole rings is 1. The number of halogens is 1. The molecular formula is C20H14FN3OS. The van der Waals surface area contributed by atoms with E-state index in [0.717, 1.165) is 15.2 Å². The minimum absolute atomic E-state index is 0.274. The van der Waals surface area contributed by atoms with E-state index in [1.807, 2.05) is 25.1 Å². The molecule has 4 aromatic rings. The first kappa shape index (κ1) is 16.4. The molecule has 4 rings (SSSR count). The number of amides is 1. The molecule has 0 saturated carbocycles. The number of anilines is 1. The van der Waals surface area contributed by atoms with Gasteiger partial charge in [-0.25, -0.2) is 9.37 Å². The summed E-state index contributed by atoms with van der Waals surface area (Å²) in [5.74, 6) is -0.618. The van der Waals surface area contributed by atoms with Gasteiger partial charge in [-0.3, -0.25) is 9.78 Å². The van der Waals surface area contributed by atoms with E-state index in [0.29, 0.717) is 22.5 Å². The number of nitrogens with one attached hydrogen (secondary N) is 1. The lowest BCUT2D eigenvalue weighted by atomic mass is 10.1. The molecule has 128 valence electrons. The van der Waals surface area contributed by atoms with Gasteiger partial charge in [0, 0.05) is 17.4 Å². The lowest BCUT2D eigenvalue weighted by Crippen LogP contribution is -2.12. The van der Waals surface area contributed by atoms with E-state index in [9.17, 15) is 9.18 Å². The van der Waals surface area contributed by atoms with Crippen LogP contribution in [0.1, 0.15) is 15.4 Å². The zero-order valence-electron chi connectivity index (χ0n) is 13.9. The second-order valence-corrected chi connectivity index (χ2v) is 7.02. The molecule has 2 aromatic heterocycles. The summed E-state index contributed by atoms with van der Waals surface area (Å²) in [6, 6.07) is 15.3. The highest BCUT2D eigenvalue weighted by atomic mass is 32.1. The maximum Gasteiger partial charge on any atom is 0.257 e. The maximum absolute atomic E-state index is 13.8. The number of rotatable bonds is 3. The molecule has 0 radical (unpaired) electrons. The highest BCUT2D eigenvalue weighted by Crippen LogP contribution is 2.25. The normalized spacial score (nSPS) is 10.8. The van der Waals surface area contributed by atoms with Crippen LogP contribution in [0.5, 0.6) is 0 Å². The molecular weight excluding hydrogens is 349 g/mol. The zero-order chi connectivity index (χ0) is 18.1. The van der Waals surface area contributed by atoms with Gasteiger partial charge in [-0.15, -0.1) is 11.3 Å². The van der Waals surface area contributed by atoms with Gasteiger partial charge in [0.1, 0.15) is 5.82 Å². The van der Waals surface area contributed by atoms with Gasteiger partial charge in [0.15, 0.2) is 0 Å². The molecule has 4 nitrogen and oxygen atoms in total. The van der Waals surface area contributed by atoms with Gasteiger partial charge in [0.05, 0.1) is 26.5 Å². The highest BCUT2D eigenvalue weighted by molar-refractivity contribution is 7.18. The fraction of sp³-hybridized carbons (Fsp3) is 0.0500. The molecule has 0 spiro atoms. The fourth-order valence-corrected chi connectivity index (χ4v) is 3.49. The molecule has 0 saturated heterocycles. The van der Waals surface area contributed by atoms with Crippen LogP contribution in [0.25, 0.3) is 21.5 Å². The van der Waals surface area contributed by atoms with Crippen molar-refractivity contribution in [3.63, 3.8) is 0 Å². The van der Waals surface area contributed by atoms with Gasteiger partial charge in [-0.2, -0.15) is 0 Å². The van der Waals surface area contributed by atoms with Gasteiger partial charge in [0.2, 0.25) is 0 Å². The Hall–Kier alpha value is -3.12. The Balaban J connectivity index is 1.55. The number of carbonyl (C=O) groups is 1. The first-order valence-corrected chi connectivity index (χ1v) is 8.81. The lowest BCUT2D eigenvalue weighted by Gasteiger charge is -2.06. The van der Waals surface area contributed by atoms with E-state index >= 15 is 0 Å². The van der Waals surface area contributed by atoms with Crippen molar-refractivity contribution in [3.05, 3.63) is 77.2 Å². The minimum atomic E-state index is -0.343. The number of fused-ring (bicyclic) bond motifs is 1. The smallest absolute Gasteiger partial charge is 0.257 e. The van der Waals surface area contributed by atoms with Crippen LogP contribution < -0.4 is 5.32 Å². The van der Waals surface area contributed by atoms with Gasteiger partial charge in [0.25, 0.3) is 5.91 Å². The largest absolute Gasteiger partial charge is 0.322 e. The van der Waals surface area contributed by atoms with Gasteiger partial charge < -0.3 is 5.32 Å². The molecule has 0 aliphatic carbocycles. The third-order valence-electron chi connectivity index (χ3n) is 3.93. The molecule has 6 heteroatoms. The molecule has 0 aliphatic heterocycles. The number of hydrogen-bond donors (Lipinski definition) is 1. The van der Waals surface area contributed by atoms with Crippen LogP contribution in [-0.2, 0) is 0 Å². The summed E-state index contributed by atoms with van der Waals surface area (Å²) in [6.07, 6.45) is 1.45. The third kappa shape index (κ3) is 3.19. The lowest BCUT2D eigenvalue weighted by molar-refractivity contribution is 0.102. The Labute approximate surface area is 153 Å². The molecule has 2 aromatic carbocycles. The zero-order valence-corrected chi connectivity index (χ0v) is 14.7. The topological polar surface area (TPSA) is 54.9 Å². The summed E-state index contributed by atoms with van der Waals surface area (Å²) in [5.41, 5.74) is 2.83. The summed E-state index contributed by atoms with van der Waals surface area (Å²) in [7, 11) is 0. The summed E-state index contributed by atoms with van der Waals surface area (Å²) in [5, 5.41) is 3.82. The number of benzene rings is 2. The molecule has 0 atom stereocenters. The maximum atomic E-state index is 13.8. The van der Waals surface area contributed by atoms with Crippen molar-refractivity contribution in [3.8, 4) is 11.3 Å². The molecule has 0 fully saturated rings. The van der Waals surface area contributed by atoms with Crippen LogP contribution in [0.4, 0.5) is 10.1 Å². The van der Waals surface area contributed by atoms with Crippen molar-refractivity contribution < 1.29 is 9.18 Å². The standard InChI is InChI=1S/C20H14FN3OS/c1-12-23-18-10-14(7-9-19(18)26-12)24-20(25)13-6-8-17(22-11-13)15-4-2-3-5-16(15)21/h2-11H,1H3,(H,24,25). The van der Waals surface area contributed by atoms with Crippen LogP contribution in [0, 0.1) is 12.7 Å². The minimum Gasteiger partial charge on any atom is -0.322 e. The Kier molecular flexibility index (Phi) is 4.18. The quantitative estimate of drug-likeness (QED) is 0.554. The van der Waals surface area contributed by atoms with Gasteiger partial charge in [-0.05, 0) is 49.4 Å². The first-order valence-electron chi connectivity index (χ1n) is 8.00. The average molecular weight is 363 g/mol. The molecule has 1 amide bonds. The van der Waals surface area contributed by atoms with Crippen molar-refractivity contribution in [2.24, 2.45) is 0 Å². The second-order valence-electron chi connectivity index (χ2n) is 5.78. The molecule has 0 unspecified atom stereocenters. The number of nitrogens with zero attached hydrogens (tertiary/aromatic N) is 2. The number of aryl methyl sites for hydroxylation is 1. The summed E-state index contributed by atoms with van der Waals surface area (Å²) in [6.45, 7) is 1.95. The van der Waals surface area contributed by atoms with E-state index in [2.05, 4.69) is 15.3 Å². The molecule has 2 heterocycles. The predicted octanol–water partition coefficient (Wildman–Crippen LogP) is 5.06. The monoisotopic (exact) mass is 363 g/mol. The third-order valence-corrected chi connectivity index (χ3v) is 4.88. The summed E-state index contributed by atoms with van der Waals surface area (Å²) in [4.78, 5) is 21.1. The first-order chi connectivity index (χ1) is 12.6. The van der Waals surface area contributed by atoms with Crippen molar-refractivity contribution in [2.45, 2.75) is 6.92 Å². The predicted molar refractivity (Wildman–Crippen MR) is 102 cm³/mol. The highest BCUT2D eigenvalue weighted by Gasteiger charge is 2.10. The Morgan fingerprint density at radius 1 is 1.12 bits per heavy atom. The average Bonchev–Trinajstić information content (AvgIpc) is 3.01. The van der Waals surface area contributed by atoms with Gasteiger partial charge >= 0.3 is 0 Å². The van der Waals surface area contributed by atoms with Crippen LogP contribution in [-0.4, -0.2) is 15.9 Å². The fourth-order valence-electron chi connectivity index (χ4n) is 2.68. The molecule has 0 bridgehead atoms. The van der Waals surface area contributed by atoms with Crippen LogP contribution >= 0.6 is 11.3 Å². The van der Waals surface area contributed by atoms with Crippen molar-refractivity contribution in [1.82, 2.24) is 9.97 Å². The van der Waals surface area contributed by atoms with E-state index in [1.54, 1.807) is 41.7 Å². The number of hydrogen-bond acceptors (Lipinski definition) is 4. The van der Waals surface area contributed by atoms with Crippen molar-refractivity contribution >= 4 is 33.1 Å². The number of aromatic nitrogens is 2. The number of pyridine rings is 1. The van der Waals surface area contributed by atoms with Crippen LogP contribution in [0.2, 0.25) is 0 Å². The molecule has 1 N–H and O–H groups in total. The summed E-state index contributed by atoms with van der Waals surface area (Å²) >= 11 is 1.61. The van der Waals surface area contributed by atoms with Crippen LogP contribution in [0.3, 0.4) is 0 Å². The van der Waals surface area contributed by atoms with E-state index in [1.165, 1.54) is 12.3 Å². The van der Waals surface area contributed by atoms with Crippen molar-refractivity contribution in [1.29, 1.82) is 0 Å².